The van der Waals surface area contributed by atoms with Crippen LogP contribution in [0.1, 0.15) is 50.7 Å². The van der Waals surface area contributed by atoms with E-state index in [4.69, 9.17) is 0 Å². The molecular weight excluding hydrogens is 230 g/mol. The van der Waals surface area contributed by atoms with Crippen molar-refractivity contribution in [3.63, 3.8) is 0 Å². The predicted molar refractivity (Wildman–Crippen MR) is 66.9 cm³/mol. The molecule has 18 heavy (non-hydrogen) atoms. The van der Waals surface area contributed by atoms with Crippen molar-refractivity contribution in [1.82, 2.24) is 25.5 Å². The van der Waals surface area contributed by atoms with Crippen molar-refractivity contribution in [2.24, 2.45) is 11.3 Å². The maximum atomic E-state index is 12.1. The molecule has 1 atom stereocenters. The van der Waals surface area contributed by atoms with Gasteiger partial charge in [-0.3, -0.25) is 4.79 Å². The highest BCUT2D eigenvalue weighted by Crippen LogP contribution is 2.34. The fourth-order valence-corrected chi connectivity index (χ4v) is 2.56. The number of carbonyl (C=O) groups excluding carboxylic acids is 1. The summed E-state index contributed by atoms with van der Waals surface area (Å²) in [7, 11) is 0. The largest absolute Gasteiger partial charge is 0.336 e. The van der Waals surface area contributed by atoms with Gasteiger partial charge in [0, 0.05) is 13.1 Å². The Morgan fingerprint density at radius 1 is 1.33 bits per heavy atom. The molecule has 1 aromatic heterocycles. The number of aromatic nitrogens is 4. The van der Waals surface area contributed by atoms with Gasteiger partial charge in [-0.2, -0.15) is 5.21 Å². The molecule has 0 radical (unpaired) electrons. The quantitative estimate of drug-likeness (QED) is 0.820. The Morgan fingerprint density at radius 2 is 2.11 bits per heavy atom. The highest BCUT2D eigenvalue weighted by molar-refractivity contribution is 5.90. The third-order valence-electron chi connectivity index (χ3n) is 3.78. The van der Waals surface area contributed by atoms with Crippen LogP contribution in [0.15, 0.2) is 0 Å². The van der Waals surface area contributed by atoms with Gasteiger partial charge in [-0.15, -0.1) is 10.2 Å². The first-order valence-electron chi connectivity index (χ1n) is 6.51. The highest BCUT2D eigenvalue weighted by Gasteiger charge is 2.29. The van der Waals surface area contributed by atoms with E-state index in [-0.39, 0.29) is 11.7 Å². The molecule has 0 aromatic carbocycles. The molecular formula is C12H21N5O. The van der Waals surface area contributed by atoms with Crippen LogP contribution >= 0.6 is 0 Å². The Hall–Kier alpha value is -1.46. The fourth-order valence-electron chi connectivity index (χ4n) is 2.56. The Labute approximate surface area is 107 Å². The predicted octanol–water partition coefficient (Wildman–Crippen LogP) is 1.49. The minimum absolute atomic E-state index is 0.113. The van der Waals surface area contributed by atoms with Crippen LogP contribution in [-0.4, -0.2) is 44.5 Å². The Kier molecular flexibility index (Phi) is 3.63. The molecule has 0 spiro atoms. The van der Waals surface area contributed by atoms with Crippen LogP contribution in [0.2, 0.25) is 0 Å². The minimum Gasteiger partial charge on any atom is -0.336 e. The van der Waals surface area contributed by atoms with Crippen molar-refractivity contribution in [2.75, 3.05) is 13.1 Å². The molecule has 6 nitrogen and oxygen atoms in total. The molecule has 0 saturated carbocycles. The molecule has 1 aliphatic heterocycles. The molecule has 1 saturated heterocycles. The van der Waals surface area contributed by atoms with Crippen LogP contribution in [0.4, 0.5) is 0 Å². The molecule has 6 heteroatoms. The lowest BCUT2D eigenvalue weighted by Gasteiger charge is -2.29. The number of carbonyl (C=O) groups is 1. The number of hydrogen-bond acceptors (Lipinski definition) is 4. The van der Waals surface area contributed by atoms with E-state index in [9.17, 15) is 4.79 Å². The molecule has 1 unspecified atom stereocenters. The molecule has 1 fully saturated rings. The Morgan fingerprint density at radius 3 is 2.72 bits per heavy atom. The van der Waals surface area contributed by atoms with Crippen molar-refractivity contribution in [1.29, 1.82) is 0 Å². The molecule has 0 aliphatic carbocycles. The molecule has 0 bridgehead atoms. The monoisotopic (exact) mass is 251 g/mol. The first-order chi connectivity index (χ1) is 8.48. The van der Waals surface area contributed by atoms with Crippen molar-refractivity contribution < 1.29 is 4.79 Å². The molecule has 1 N–H and O–H groups in total. The number of likely N-dealkylation sites (tertiary alicyclic amines) is 1. The lowest BCUT2D eigenvalue weighted by Crippen LogP contribution is -2.33. The van der Waals surface area contributed by atoms with Gasteiger partial charge in [0.2, 0.25) is 0 Å². The van der Waals surface area contributed by atoms with Crippen LogP contribution in [0.25, 0.3) is 0 Å². The molecule has 1 amide bonds. The van der Waals surface area contributed by atoms with Gasteiger partial charge in [0.25, 0.3) is 11.7 Å². The molecule has 2 heterocycles. The van der Waals surface area contributed by atoms with E-state index in [1.54, 1.807) is 0 Å². The third kappa shape index (κ3) is 2.86. The van der Waals surface area contributed by atoms with Gasteiger partial charge < -0.3 is 4.90 Å². The summed E-state index contributed by atoms with van der Waals surface area (Å²) < 4.78 is 0. The summed E-state index contributed by atoms with van der Waals surface area (Å²) in [5.41, 5.74) is 0.311. The Bertz CT molecular complexity index is 395. The normalized spacial score (nSPS) is 21.7. The number of tetrazole rings is 1. The van der Waals surface area contributed by atoms with Crippen LogP contribution in [0.5, 0.6) is 0 Å². The molecule has 2 rings (SSSR count). The first kappa shape index (κ1) is 13.0. The smallest absolute Gasteiger partial charge is 0.295 e. The number of nitrogens with one attached hydrogen (secondary N) is 1. The van der Waals surface area contributed by atoms with Gasteiger partial charge in [0.1, 0.15) is 0 Å². The zero-order chi connectivity index (χ0) is 13.2. The SMILES string of the molecule is CC(C)(C)C1CCCN(C(=O)c2nn[nH]n2)CC1. The summed E-state index contributed by atoms with van der Waals surface area (Å²) >= 11 is 0. The number of rotatable bonds is 1. The maximum absolute atomic E-state index is 12.1. The van der Waals surface area contributed by atoms with Crippen LogP contribution in [-0.2, 0) is 0 Å². The van der Waals surface area contributed by atoms with Gasteiger partial charge >= 0.3 is 0 Å². The van der Waals surface area contributed by atoms with Gasteiger partial charge in [0.15, 0.2) is 0 Å². The second-order valence-corrected chi connectivity index (χ2v) is 6.02. The number of H-pyrrole nitrogens is 1. The first-order valence-corrected chi connectivity index (χ1v) is 6.51. The lowest BCUT2D eigenvalue weighted by atomic mass is 9.77. The average molecular weight is 251 g/mol. The minimum atomic E-state index is -0.113. The fraction of sp³-hybridized carbons (Fsp3) is 0.833. The zero-order valence-corrected chi connectivity index (χ0v) is 11.3. The Balaban J connectivity index is 1.99. The van der Waals surface area contributed by atoms with E-state index in [0.717, 1.165) is 25.9 Å². The number of hydrogen-bond donors (Lipinski definition) is 1. The number of nitrogens with zero attached hydrogens (tertiary/aromatic N) is 4. The standard InChI is InChI=1S/C12H21N5O/c1-12(2,3)9-5-4-7-17(8-6-9)11(18)10-13-15-16-14-10/h9H,4-8H2,1-3H3,(H,13,14,15,16). The zero-order valence-electron chi connectivity index (χ0n) is 11.3. The molecule has 1 aliphatic rings. The van der Waals surface area contributed by atoms with Crippen LogP contribution in [0.3, 0.4) is 0 Å². The van der Waals surface area contributed by atoms with E-state index in [1.807, 2.05) is 4.90 Å². The number of aromatic amines is 1. The van der Waals surface area contributed by atoms with Crippen LogP contribution < -0.4 is 0 Å². The second-order valence-electron chi connectivity index (χ2n) is 6.02. The average Bonchev–Trinajstić information content (AvgIpc) is 2.70. The number of amides is 1. The van der Waals surface area contributed by atoms with E-state index < -0.39 is 0 Å². The maximum Gasteiger partial charge on any atom is 0.295 e. The highest BCUT2D eigenvalue weighted by atomic mass is 16.2. The van der Waals surface area contributed by atoms with Crippen molar-refractivity contribution >= 4 is 5.91 Å². The lowest BCUT2D eigenvalue weighted by molar-refractivity contribution is 0.0743. The van der Waals surface area contributed by atoms with Crippen LogP contribution in [0, 0.1) is 11.3 Å². The van der Waals surface area contributed by atoms with Gasteiger partial charge in [-0.05, 0) is 35.8 Å². The topological polar surface area (TPSA) is 74.8 Å². The van der Waals surface area contributed by atoms with Gasteiger partial charge in [-0.25, -0.2) is 0 Å². The van der Waals surface area contributed by atoms with Gasteiger partial charge in [0.05, 0.1) is 0 Å². The third-order valence-corrected chi connectivity index (χ3v) is 3.78. The summed E-state index contributed by atoms with van der Waals surface area (Å²) in [5.74, 6) is 0.725. The van der Waals surface area contributed by atoms with E-state index in [2.05, 4.69) is 41.4 Å². The molecule has 1 aromatic rings. The van der Waals surface area contributed by atoms with E-state index >= 15 is 0 Å². The van der Waals surface area contributed by atoms with Gasteiger partial charge in [-0.1, -0.05) is 20.8 Å². The molecule has 100 valence electrons. The summed E-state index contributed by atoms with van der Waals surface area (Å²) in [6.07, 6.45) is 3.28. The summed E-state index contributed by atoms with van der Waals surface area (Å²) in [5, 5.41) is 13.3. The second kappa shape index (κ2) is 5.04. The summed E-state index contributed by atoms with van der Waals surface area (Å²) in [6, 6.07) is 0. The summed E-state index contributed by atoms with van der Waals surface area (Å²) in [4.78, 5) is 14.0. The summed E-state index contributed by atoms with van der Waals surface area (Å²) in [6.45, 7) is 8.40. The van der Waals surface area contributed by atoms with Crippen molar-refractivity contribution in [2.45, 2.75) is 40.0 Å². The van der Waals surface area contributed by atoms with E-state index in [1.165, 1.54) is 6.42 Å². The van der Waals surface area contributed by atoms with Crippen molar-refractivity contribution in [3.05, 3.63) is 5.82 Å². The van der Waals surface area contributed by atoms with E-state index in [0.29, 0.717) is 11.3 Å². The van der Waals surface area contributed by atoms with Crippen molar-refractivity contribution in [3.8, 4) is 0 Å².